The predicted molar refractivity (Wildman–Crippen MR) is 147 cm³/mol. The van der Waals surface area contributed by atoms with Gasteiger partial charge in [0, 0.05) is 23.8 Å². The van der Waals surface area contributed by atoms with Gasteiger partial charge in [-0.3, -0.25) is 14.4 Å². The molecule has 0 aromatic heterocycles. The van der Waals surface area contributed by atoms with Crippen LogP contribution in [0, 0.1) is 11.8 Å². The molecular weight excluding hydrogens is 494 g/mol. The summed E-state index contributed by atoms with van der Waals surface area (Å²) < 4.78 is 11.9. The van der Waals surface area contributed by atoms with Crippen molar-refractivity contribution in [3.05, 3.63) is 36.4 Å². The van der Waals surface area contributed by atoms with Crippen molar-refractivity contribution in [1.29, 1.82) is 0 Å². The number of likely N-dealkylation sites (tertiary alicyclic amines) is 1. The average molecular weight is 536 g/mol. The van der Waals surface area contributed by atoms with Crippen LogP contribution in [0.25, 0.3) is 0 Å². The van der Waals surface area contributed by atoms with Gasteiger partial charge in [0.1, 0.15) is 17.4 Å². The van der Waals surface area contributed by atoms with Crippen LogP contribution in [0.3, 0.4) is 0 Å². The Morgan fingerprint density at radius 1 is 0.974 bits per heavy atom. The number of benzene rings is 1. The third kappa shape index (κ3) is 4.75. The van der Waals surface area contributed by atoms with Gasteiger partial charge in [-0.1, -0.05) is 69.6 Å². The van der Waals surface area contributed by atoms with Gasteiger partial charge >= 0.3 is 0 Å². The van der Waals surface area contributed by atoms with E-state index in [2.05, 4.69) is 10.6 Å². The van der Waals surface area contributed by atoms with Crippen molar-refractivity contribution in [3.63, 3.8) is 0 Å². The monoisotopic (exact) mass is 535 g/mol. The summed E-state index contributed by atoms with van der Waals surface area (Å²) in [6, 6.07) is 6.56. The zero-order valence-electron chi connectivity index (χ0n) is 22.9. The molecular formula is C31H41N3O5. The SMILES string of the molecule is COc1cccc(NC(=O)[C@@H]2[C@H]3C=C[C@]4(O3)[C@H](C(=O)NC3CCCCC3)N(C3CCCCCCC3)C(=O)[C@@H]24)c1. The maximum atomic E-state index is 14.4. The molecule has 4 fully saturated rings. The van der Waals surface area contributed by atoms with Crippen molar-refractivity contribution >= 4 is 23.4 Å². The molecule has 2 aliphatic carbocycles. The number of anilines is 1. The van der Waals surface area contributed by atoms with Gasteiger partial charge in [0.05, 0.1) is 25.0 Å². The topological polar surface area (TPSA) is 97.0 Å². The standard InChI is InChI=1S/C31H41N3O5/c1-38-23-16-10-13-21(19-23)33-28(35)25-24-17-18-31(39-24)26(25)30(37)34(22-14-8-3-2-4-9-15-22)27(31)29(36)32-20-11-6-5-7-12-20/h10,13,16-20,22,24-27H,2-9,11-12,14-15H2,1H3,(H,32,36)(H,33,35)/t24-,25-,26-,27+,31-/m1/s1. The highest BCUT2D eigenvalue weighted by Crippen LogP contribution is 2.56. The summed E-state index contributed by atoms with van der Waals surface area (Å²) in [4.78, 5) is 44.1. The van der Waals surface area contributed by atoms with Gasteiger partial charge in [-0.2, -0.15) is 0 Å². The Bertz CT molecular complexity index is 1120. The normalized spacial score (nSPS) is 32.9. The number of hydrogen-bond acceptors (Lipinski definition) is 5. The van der Waals surface area contributed by atoms with Gasteiger partial charge in [-0.05, 0) is 37.8 Å². The van der Waals surface area contributed by atoms with Crippen molar-refractivity contribution in [2.24, 2.45) is 11.8 Å². The minimum absolute atomic E-state index is 0.0157. The van der Waals surface area contributed by atoms with Crippen molar-refractivity contribution in [2.75, 3.05) is 12.4 Å². The number of carbonyl (C=O) groups excluding carboxylic acids is 3. The molecule has 3 heterocycles. The molecule has 2 saturated heterocycles. The first-order valence-corrected chi connectivity index (χ1v) is 15.0. The minimum Gasteiger partial charge on any atom is -0.497 e. The maximum absolute atomic E-state index is 14.4. The van der Waals surface area contributed by atoms with Crippen molar-refractivity contribution in [1.82, 2.24) is 10.2 Å². The molecule has 1 aromatic rings. The lowest BCUT2D eigenvalue weighted by atomic mass is 9.74. The first kappa shape index (κ1) is 26.4. The number of nitrogens with zero attached hydrogens (tertiary/aromatic N) is 1. The number of ether oxygens (including phenoxy) is 2. The second-order valence-corrected chi connectivity index (χ2v) is 12.0. The molecule has 0 radical (unpaired) electrons. The summed E-state index contributed by atoms with van der Waals surface area (Å²) >= 11 is 0. The summed E-state index contributed by atoms with van der Waals surface area (Å²) in [6.07, 6.45) is 16.0. The summed E-state index contributed by atoms with van der Waals surface area (Å²) in [6.45, 7) is 0. The molecule has 3 amide bonds. The molecule has 6 rings (SSSR count). The summed E-state index contributed by atoms with van der Waals surface area (Å²) in [5, 5.41) is 6.30. The lowest BCUT2D eigenvalue weighted by Gasteiger charge is -2.38. The van der Waals surface area contributed by atoms with Crippen LogP contribution in [0.4, 0.5) is 5.69 Å². The fourth-order valence-electron chi connectivity index (χ4n) is 7.77. The van der Waals surface area contributed by atoms with Gasteiger partial charge in [0.15, 0.2) is 0 Å². The van der Waals surface area contributed by atoms with Crippen LogP contribution in [0.2, 0.25) is 0 Å². The van der Waals surface area contributed by atoms with Crippen LogP contribution in [0.5, 0.6) is 5.75 Å². The van der Waals surface area contributed by atoms with E-state index in [1.54, 1.807) is 19.2 Å². The smallest absolute Gasteiger partial charge is 0.246 e. The Morgan fingerprint density at radius 2 is 1.67 bits per heavy atom. The molecule has 1 spiro atoms. The van der Waals surface area contributed by atoms with Gasteiger partial charge in [-0.15, -0.1) is 0 Å². The molecule has 2 bridgehead atoms. The van der Waals surface area contributed by atoms with E-state index >= 15 is 0 Å². The molecule has 2 saturated carbocycles. The second-order valence-electron chi connectivity index (χ2n) is 12.0. The van der Waals surface area contributed by atoms with Crippen LogP contribution in [-0.4, -0.2) is 59.6 Å². The predicted octanol–water partition coefficient (Wildman–Crippen LogP) is 4.35. The summed E-state index contributed by atoms with van der Waals surface area (Å²) in [5.74, 6) is -1.27. The number of amides is 3. The highest BCUT2D eigenvalue weighted by atomic mass is 16.5. The Hall–Kier alpha value is -2.87. The van der Waals surface area contributed by atoms with E-state index in [-0.39, 0.29) is 29.8 Å². The molecule has 8 heteroatoms. The highest BCUT2D eigenvalue weighted by molar-refractivity contribution is 6.03. The summed E-state index contributed by atoms with van der Waals surface area (Å²) in [5.41, 5.74) is -0.506. The Balaban J connectivity index is 1.31. The van der Waals surface area contributed by atoms with E-state index in [0.717, 1.165) is 64.2 Å². The van der Waals surface area contributed by atoms with Gasteiger partial charge in [-0.25, -0.2) is 0 Å². The van der Waals surface area contributed by atoms with E-state index in [9.17, 15) is 14.4 Å². The summed E-state index contributed by atoms with van der Waals surface area (Å²) in [7, 11) is 1.58. The molecule has 5 aliphatic rings. The minimum atomic E-state index is -1.11. The van der Waals surface area contributed by atoms with Crippen molar-refractivity contribution < 1.29 is 23.9 Å². The number of carbonyl (C=O) groups is 3. The highest BCUT2D eigenvalue weighted by Gasteiger charge is 2.73. The van der Waals surface area contributed by atoms with E-state index < -0.39 is 29.6 Å². The Kier molecular flexibility index (Phi) is 7.40. The number of nitrogens with one attached hydrogen (secondary N) is 2. The lowest BCUT2D eigenvalue weighted by Crippen LogP contribution is -2.58. The van der Waals surface area contributed by atoms with Crippen molar-refractivity contribution in [3.8, 4) is 5.75 Å². The molecule has 8 nitrogen and oxygen atoms in total. The van der Waals surface area contributed by atoms with Crippen LogP contribution in [0.1, 0.15) is 77.0 Å². The third-order valence-corrected chi connectivity index (χ3v) is 9.62. The fourth-order valence-corrected chi connectivity index (χ4v) is 7.77. The zero-order chi connectivity index (χ0) is 27.0. The van der Waals surface area contributed by atoms with Crippen LogP contribution < -0.4 is 15.4 Å². The van der Waals surface area contributed by atoms with E-state index in [4.69, 9.17) is 9.47 Å². The van der Waals surface area contributed by atoms with Gasteiger partial charge in [0.2, 0.25) is 17.7 Å². The quantitative estimate of drug-likeness (QED) is 0.528. The maximum Gasteiger partial charge on any atom is 0.246 e. The second kappa shape index (κ2) is 11.0. The molecule has 2 N–H and O–H groups in total. The number of methoxy groups -OCH3 is 1. The molecule has 39 heavy (non-hydrogen) atoms. The van der Waals surface area contributed by atoms with E-state index in [0.29, 0.717) is 11.4 Å². The largest absolute Gasteiger partial charge is 0.497 e. The Morgan fingerprint density at radius 3 is 2.41 bits per heavy atom. The van der Waals surface area contributed by atoms with Crippen LogP contribution >= 0.6 is 0 Å². The lowest BCUT2D eigenvalue weighted by molar-refractivity contribution is -0.144. The van der Waals surface area contributed by atoms with Crippen LogP contribution in [0.15, 0.2) is 36.4 Å². The molecule has 5 atom stereocenters. The molecule has 1 aromatic carbocycles. The third-order valence-electron chi connectivity index (χ3n) is 9.62. The first-order chi connectivity index (χ1) is 19.0. The first-order valence-electron chi connectivity index (χ1n) is 15.0. The molecule has 3 aliphatic heterocycles. The number of hydrogen-bond donors (Lipinski definition) is 2. The number of fused-ring (bicyclic) bond motifs is 1. The Labute approximate surface area is 230 Å². The van der Waals surface area contributed by atoms with E-state index in [1.807, 2.05) is 29.2 Å². The van der Waals surface area contributed by atoms with Gasteiger partial charge < -0.3 is 25.0 Å². The fraction of sp³-hybridized carbons (Fsp3) is 0.645. The van der Waals surface area contributed by atoms with Crippen molar-refractivity contribution in [2.45, 2.75) is 107 Å². The number of rotatable bonds is 6. The zero-order valence-corrected chi connectivity index (χ0v) is 22.9. The van der Waals surface area contributed by atoms with E-state index in [1.165, 1.54) is 12.8 Å². The van der Waals surface area contributed by atoms with Crippen LogP contribution in [-0.2, 0) is 19.1 Å². The molecule has 210 valence electrons. The van der Waals surface area contributed by atoms with Gasteiger partial charge in [0.25, 0.3) is 0 Å². The molecule has 0 unspecified atom stereocenters. The average Bonchev–Trinajstić information content (AvgIpc) is 3.57.